The highest BCUT2D eigenvalue weighted by atomic mass is 16.5. The first kappa shape index (κ1) is 13.9. The van der Waals surface area contributed by atoms with Crippen LogP contribution in [0.5, 0.6) is 5.75 Å². The standard InChI is InChI=1S/C16H18N2O2/c1-10-7-15(11(2)6-14(10)17)20-9-12-4-3-5-13(8-12)16(18)19/h3-8H,9,17H2,1-2H3,(H2,18,19). The minimum atomic E-state index is -0.439. The van der Waals surface area contributed by atoms with Gasteiger partial charge >= 0.3 is 0 Å². The van der Waals surface area contributed by atoms with Crippen molar-refractivity contribution >= 4 is 11.6 Å². The average Bonchev–Trinajstić information content (AvgIpc) is 2.41. The van der Waals surface area contributed by atoms with Crippen LogP contribution in [0.25, 0.3) is 0 Å². The minimum Gasteiger partial charge on any atom is -0.489 e. The Hall–Kier alpha value is -2.49. The number of hydrogen-bond acceptors (Lipinski definition) is 3. The topological polar surface area (TPSA) is 78.3 Å². The maximum atomic E-state index is 11.1. The summed E-state index contributed by atoms with van der Waals surface area (Å²) in [5.41, 5.74) is 15.2. The summed E-state index contributed by atoms with van der Waals surface area (Å²) in [6, 6.07) is 10.9. The Labute approximate surface area is 118 Å². The molecule has 0 fully saturated rings. The quantitative estimate of drug-likeness (QED) is 0.838. The van der Waals surface area contributed by atoms with Crippen LogP contribution in [0, 0.1) is 13.8 Å². The first-order valence-electron chi connectivity index (χ1n) is 6.35. The van der Waals surface area contributed by atoms with Crippen molar-refractivity contribution in [3.8, 4) is 5.75 Å². The molecule has 0 saturated carbocycles. The molecule has 0 spiro atoms. The summed E-state index contributed by atoms with van der Waals surface area (Å²) in [5, 5.41) is 0. The fraction of sp³-hybridized carbons (Fsp3) is 0.188. The Kier molecular flexibility index (Phi) is 3.94. The molecule has 0 aliphatic heterocycles. The van der Waals surface area contributed by atoms with Gasteiger partial charge in [0.1, 0.15) is 12.4 Å². The number of benzene rings is 2. The first-order chi connectivity index (χ1) is 9.47. The third kappa shape index (κ3) is 3.09. The number of carbonyl (C=O) groups is 1. The van der Waals surface area contributed by atoms with E-state index in [2.05, 4.69) is 0 Å². The van der Waals surface area contributed by atoms with Crippen LogP contribution in [-0.4, -0.2) is 5.91 Å². The van der Waals surface area contributed by atoms with Crippen LogP contribution in [0.15, 0.2) is 36.4 Å². The van der Waals surface area contributed by atoms with E-state index in [0.717, 1.165) is 28.1 Å². The van der Waals surface area contributed by atoms with Crippen LogP contribution in [0.4, 0.5) is 5.69 Å². The molecule has 4 N–H and O–H groups in total. The number of anilines is 1. The second-order valence-corrected chi connectivity index (χ2v) is 4.83. The van der Waals surface area contributed by atoms with E-state index in [9.17, 15) is 4.79 Å². The summed E-state index contributed by atoms with van der Waals surface area (Å²) in [5.74, 6) is 0.354. The van der Waals surface area contributed by atoms with E-state index in [4.69, 9.17) is 16.2 Å². The molecule has 0 atom stereocenters. The molecule has 0 aliphatic rings. The number of aryl methyl sites for hydroxylation is 2. The fourth-order valence-corrected chi connectivity index (χ4v) is 1.94. The highest BCUT2D eigenvalue weighted by Crippen LogP contribution is 2.25. The molecule has 0 aromatic heterocycles. The van der Waals surface area contributed by atoms with Crippen molar-refractivity contribution in [1.82, 2.24) is 0 Å². The third-order valence-corrected chi connectivity index (χ3v) is 3.17. The van der Waals surface area contributed by atoms with Crippen molar-refractivity contribution in [3.63, 3.8) is 0 Å². The van der Waals surface area contributed by atoms with Crippen LogP contribution in [0.1, 0.15) is 27.0 Å². The van der Waals surface area contributed by atoms with Gasteiger partial charge in [-0.2, -0.15) is 0 Å². The van der Waals surface area contributed by atoms with E-state index < -0.39 is 5.91 Å². The Morgan fingerprint density at radius 2 is 1.90 bits per heavy atom. The molecule has 2 aromatic carbocycles. The van der Waals surface area contributed by atoms with Gasteiger partial charge in [-0.25, -0.2) is 0 Å². The molecule has 4 heteroatoms. The lowest BCUT2D eigenvalue weighted by molar-refractivity contribution is 0.1000. The van der Waals surface area contributed by atoms with Crippen LogP contribution in [0.2, 0.25) is 0 Å². The average molecular weight is 270 g/mol. The normalized spacial score (nSPS) is 10.3. The van der Waals surface area contributed by atoms with E-state index in [-0.39, 0.29) is 0 Å². The van der Waals surface area contributed by atoms with Crippen molar-refractivity contribution in [1.29, 1.82) is 0 Å². The van der Waals surface area contributed by atoms with E-state index in [0.29, 0.717) is 12.2 Å². The molecule has 0 unspecified atom stereocenters. The van der Waals surface area contributed by atoms with Gasteiger partial charge in [-0.15, -0.1) is 0 Å². The molecule has 104 valence electrons. The summed E-state index contributed by atoms with van der Waals surface area (Å²) < 4.78 is 5.79. The minimum absolute atomic E-state index is 0.380. The molecule has 1 amide bonds. The van der Waals surface area contributed by atoms with Crippen LogP contribution in [0.3, 0.4) is 0 Å². The van der Waals surface area contributed by atoms with Crippen molar-refractivity contribution in [2.75, 3.05) is 5.73 Å². The van der Waals surface area contributed by atoms with E-state index in [1.54, 1.807) is 18.2 Å². The van der Waals surface area contributed by atoms with Crippen LogP contribution >= 0.6 is 0 Å². The Morgan fingerprint density at radius 1 is 1.15 bits per heavy atom. The van der Waals surface area contributed by atoms with Gasteiger partial charge in [0.2, 0.25) is 5.91 Å². The molecule has 0 aliphatic carbocycles. The number of hydrogen-bond donors (Lipinski definition) is 2. The number of nitrogens with two attached hydrogens (primary N) is 2. The SMILES string of the molecule is Cc1cc(OCc2cccc(C(N)=O)c2)c(C)cc1N. The highest BCUT2D eigenvalue weighted by molar-refractivity contribution is 5.92. The lowest BCUT2D eigenvalue weighted by Crippen LogP contribution is -2.11. The van der Waals surface area contributed by atoms with Gasteiger partial charge in [0.15, 0.2) is 0 Å². The summed E-state index contributed by atoms with van der Waals surface area (Å²) in [4.78, 5) is 11.1. The largest absolute Gasteiger partial charge is 0.489 e. The highest BCUT2D eigenvalue weighted by Gasteiger charge is 2.05. The first-order valence-corrected chi connectivity index (χ1v) is 6.35. The van der Waals surface area contributed by atoms with Gasteiger partial charge in [0.25, 0.3) is 0 Å². The zero-order valence-corrected chi connectivity index (χ0v) is 11.6. The molecular formula is C16H18N2O2. The molecule has 0 bridgehead atoms. The van der Waals surface area contributed by atoms with E-state index in [1.165, 1.54) is 0 Å². The van der Waals surface area contributed by atoms with E-state index >= 15 is 0 Å². The van der Waals surface area contributed by atoms with Crippen molar-refractivity contribution in [3.05, 3.63) is 58.7 Å². The number of rotatable bonds is 4. The molecule has 0 saturated heterocycles. The molecule has 20 heavy (non-hydrogen) atoms. The van der Waals surface area contributed by atoms with Crippen molar-refractivity contribution in [2.24, 2.45) is 5.73 Å². The Balaban J connectivity index is 2.15. The second-order valence-electron chi connectivity index (χ2n) is 4.83. The zero-order valence-electron chi connectivity index (χ0n) is 11.6. The number of amides is 1. The lowest BCUT2D eigenvalue weighted by Gasteiger charge is -2.12. The van der Waals surface area contributed by atoms with Crippen molar-refractivity contribution in [2.45, 2.75) is 20.5 Å². The molecule has 0 heterocycles. The second kappa shape index (κ2) is 5.65. The van der Waals surface area contributed by atoms with Gasteiger partial charge in [-0.1, -0.05) is 12.1 Å². The monoisotopic (exact) mass is 270 g/mol. The smallest absolute Gasteiger partial charge is 0.248 e. The molecular weight excluding hydrogens is 252 g/mol. The fourth-order valence-electron chi connectivity index (χ4n) is 1.94. The van der Waals surface area contributed by atoms with Gasteiger partial charge in [-0.05, 0) is 54.8 Å². The molecule has 2 rings (SSSR count). The molecule has 2 aromatic rings. The Bertz CT molecular complexity index is 651. The van der Waals surface area contributed by atoms with Gasteiger partial charge in [0, 0.05) is 11.3 Å². The maximum absolute atomic E-state index is 11.1. The molecule has 4 nitrogen and oxygen atoms in total. The Morgan fingerprint density at radius 3 is 2.60 bits per heavy atom. The van der Waals surface area contributed by atoms with Gasteiger partial charge in [0.05, 0.1) is 0 Å². The zero-order chi connectivity index (χ0) is 14.7. The number of nitrogen functional groups attached to an aromatic ring is 1. The number of ether oxygens (including phenoxy) is 1. The van der Waals surface area contributed by atoms with Crippen molar-refractivity contribution < 1.29 is 9.53 Å². The summed E-state index contributed by atoms with van der Waals surface area (Å²) >= 11 is 0. The molecule has 0 radical (unpaired) electrons. The number of carbonyl (C=O) groups excluding carboxylic acids is 1. The summed E-state index contributed by atoms with van der Waals surface area (Å²) in [6.45, 7) is 4.27. The number of primary amides is 1. The maximum Gasteiger partial charge on any atom is 0.248 e. The van der Waals surface area contributed by atoms with Crippen LogP contribution < -0.4 is 16.2 Å². The third-order valence-electron chi connectivity index (χ3n) is 3.17. The predicted octanol–water partition coefficient (Wildman–Crippen LogP) is 2.56. The van der Waals surface area contributed by atoms with Gasteiger partial charge in [-0.3, -0.25) is 4.79 Å². The summed E-state index contributed by atoms with van der Waals surface area (Å²) in [7, 11) is 0. The van der Waals surface area contributed by atoms with Crippen LogP contribution in [-0.2, 0) is 6.61 Å². The lowest BCUT2D eigenvalue weighted by atomic mass is 10.1. The summed E-state index contributed by atoms with van der Waals surface area (Å²) in [6.07, 6.45) is 0. The van der Waals surface area contributed by atoms with E-state index in [1.807, 2.05) is 32.0 Å². The predicted molar refractivity (Wildman–Crippen MR) is 79.6 cm³/mol. The van der Waals surface area contributed by atoms with Gasteiger partial charge < -0.3 is 16.2 Å².